The summed E-state index contributed by atoms with van der Waals surface area (Å²) >= 11 is 1.04. The second kappa shape index (κ2) is 6.92. The molecule has 6 heteroatoms. The van der Waals surface area contributed by atoms with Crippen molar-refractivity contribution in [2.45, 2.75) is 38.8 Å². The Morgan fingerprint density at radius 1 is 1.93 bits per heavy atom. The van der Waals surface area contributed by atoms with E-state index in [9.17, 15) is 0 Å². The highest BCUT2D eigenvalue weighted by Crippen LogP contribution is 2.35. The van der Waals surface area contributed by atoms with Gasteiger partial charge in [-0.2, -0.15) is 0 Å². The van der Waals surface area contributed by atoms with Crippen LogP contribution in [0.25, 0.3) is 0 Å². The smallest absolute Gasteiger partial charge is 0.160 e. The van der Waals surface area contributed by atoms with Crippen LogP contribution in [-0.4, -0.2) is 35.8 Å². The molecule has 0 spiro atoms. The second-order valence-electron chi connectivity index (χ2n) is 3.30. The van der Waals surface area contributed by atoms with E-state index in [1.54, 1.807) is 7.11 Å². The Kier molecular flexibility index (Phi) is 4.90. The average molecular weight is 250 g/mol. The highest BCUT2D eigenvalue weighted by atomic mass is 32.7. The quantitative estimate of drug-likeness (QED) is 0.312. The van der Waals surface area contributed by atoms with Crippen molar-refractivity contribution in [2.24, 2.45) is 0 Å². The van der Waals surface area contributed by atoms with Crippen molar-refractivity contribution in [1.29, 1.82) is 2.61 Å². The fraction of sp³-hybridized carbons (Fsp3) is 0.778. The van der Waals surface area contributed by atoms with Crippen molar-refractivity contribution in [1.82, 2.24) is 0 Å². The summed E-state index contributed by atoms with van der Waals surface area (Å²) in [5, 5.41) is 0. The average Bonchev–Trinajstić information content (AvgIpc) is 2.78. The first-order valence-electron chi connectivity index (χ1n) is 5.79. The topological polar surface area (TPSA) is 27.7 Å². The Labute approximate surface area is 101 Å². The molecular formula is C9H17BO3PS. The second-order valence-corrected chi connectivity index (χ2v) is 4.94. The molecule has 1 aliphatic rings. The maximum Gasteiger partial charge on any atom is 0.160 e. The van der Waals surface area contributed by atoms with E-state index in [1.165, 1.54) is 0 Å². The van der Waals surface area contributed by atoms with E-state index in [-0.39, 0.29) is 18.5 Å². The molecule has 1 rings (SSSR count). The van der Waals surface area contributed by atoms with Gasteiger partial charge in [0.15, 0.2) is 6.29 Å². The Hall–Kier alpha value is 0.465. The van der Waals surface area contributed by atoms with Crippen molar-refractivity contribution in [3.05, 3.63) is 11.6 Å². The molecular weight excluding hydrogens is 230 g/mol. The lowest BCUT2D eigenvalue weighted by Crippen LogP contribution is -2.23. The van der Waals surface area contributed by atoms with Crippen LogP contribution in [0, 0.1) is 0 Å². The molecule has 0 N–H and O–H groups in total. The van der Waals surface area contributed by atoms with Gasteiger partial charge in [-0.15, -0.1) is 0 Å². The number of rotatable bonds is 6. The van der Waals surface area contributed by atoms with E-state index < -0.39 is 7.61 Å². The van der Waals surface area contributed by atoms with Crippen LogP contribution in [0.15, 0.2) is 11.6 Å². The summed E-state index contributed by atoms with van der Waals surface area (Å²) in [4.78, 5) is 0. The van der Waals surface area contributed by atoms with E-state index >= 15 is 0 Å². The summed E-state index contributed by atoms with van der Waals surface area (Å²) in [5.74, 6) is 0. The SMILES string of the molecule is [2H]P([B][3H])SO[C@H]1CC(OC)O[C@@H]1/C(C)=C/C. The summed E-state index contributed by atoms with van der Waals surface area (Å²) in [5.41, 5.74) is 1.10. The van der Waals surface area contributed by atoms with Crippen molar-refractivity contribution in [3.8, 4) is 0 Å². The fourth-order valence-corrected chi connectivity index (χ4v) is 2.33. The number of hydrogen-bond donors (Lipinski definition) is 0. The van der Waals surface area contributed by atoms with E-state index in [0.717, 1.165) is 24.8 Å². The largest absolute Gasteiger partial charge is 0.356 e. The van der Waals surface area contributed by atoms with Gasteiger partial charge in [-0.05, 0) is 20.8 Å². The molecule has 15 heavy (non-hydrogen) atoms. The predicted octanol–water partition coefficient (Wildman–Crippen LogP) is 2.16. The molecule has 0 aromatic rings. The minimum absolute atomic E-state index is 0.114. The lowest BCUT2D eigenvalue weighted by atomic mass is 10.1. The van der Waals surface area contributed by atoms with E-state index in [2.05, 4.69) is 0 Å². The predicted molar refractivity (Wildman–Crippen MR) is 67.6 cm³/mol. The molecule has 1 radical (unpaired) electrons. The standard InChI is InChI=1S/C9H17BO3PS/c1-4-6(2)9-7(13-15-14-10)5-8(11-3)12-9/h4,7-10,14H,5H2,1-3H3/b6-4+/t7-,8?,9+,14?/m0/s1/i10T,14D. The zero-order valence-electron chi connectivity index (χ0n) is 11.2. The fourth-order valence-electron chi connectivity index (χ4n) is 1.51. The van der Waals surface area contributed by atoms with E-state index in [4.69, 9.17) is 16.3 Å². The van der Waals surface area contributed by atoms with Gasteiger partial charge in [0.2, 0.25) is 0 Å². The van der Waals surface area contributed by atoms with E-state index in [0.29, 0.717) is 6.42 Å². The summed E-state index contributed by atoms with van der Waals surface area (Å²) < 4.78 is 30.9. The molecule has 0 amide bonds. The summed E-state index contributed by atoms with van der Waals surface area (Å²) in [6.45, 7) is 3.95. The third-order valence-corrected chi connectivity index (χ3v) is 3.37. The first-order valence-corrected chi connectivity index (χ1v) is 7.07. The minimum atomic E-state index is -1.29. The van der Waals surface area contributed by atoms with Crippen molar-refractivity contribution in [3.63, 3.8) is 0 Å². The molecule has 0 saturated carbocycles. The maximum atomic E-state index is 7.47. The molecule has 1 saturated heterocycles. The molecule has 85 valence electrons. The monoisotopic (exact) mass is 250 g/mol. The molecule has 1 fully saturated rings. The van der Waals surface area contributed by atoms with Gasteiger partial charge in [-0.3, -0.25) is 0 Å². The van der Waals surface area contributed by atoms with Crippen LogP contribution >= 0.6 is 19.3 Å². The van der Waals surface area contributed by atoms with Crippen molar-refractivity contribution >= 4 is 26.8 Å². The van der Waals surface area contributed by atoms with Crippen LogP contribution in [0.2, 0.25) is 0 Å². The molecule has 1 heterocycles. The van der Waals surface area contributed by atoms with Gasteiger partial charge < -0.3 is 13.7 Å². The van der Waals surface area contributed by atoms with Crippen LogP contribution in [-0.2, 0) is 13.7 Å². The Morgan fingerprint density at radius 2 is 2.73 bits per heavy atom. The third-order valence-electron chi connectivity index (χ3n) is 2.44. The Morgan fingerprint density at radius 3 is 3.33 bits per heavy atom. The molecule has 2 unspecified atom stereocenters. The minimum Gasteiger partial charge on any atom is -0.356 e. The molecule has 3 nitrogen and oxygen atoms in total. The first kappa shape index (κ1) is 10.6. The van der Waals surface area contributed by atoms with Gasteiger partial charge in [0.05, 0.1) is 1.28 Å². The molecule has 4 atom stereocenters. The van der Waals surface area contributed by atoms with Gasteiger partial charge in [0, 0.05) is 25.2 Å². The summed E-state index contributed by atoms with van der Waals surface area (Å²) in [6.07, 6.45) is 2.16. The molecule has 1 aliphatic heterocycles. The number of hydrogen-bond acceptors (Lipinski definition) is 4. The zero-order chi connectivity index (χ0) is 12.8. The first-order chi connectivity index (χ1) is 8.12. The van der Waals surface area contributed by atoms with Gasteiger partial charge >= 0.3 is 0 Å². The van der Waals surface area contributed by atoms with Gasteiger partial charge in [0.25, 0.3) is 0 Å². The third kappa shape index (κ3) is 3.75. The van der Waals surface area contributed by atoms with Crippen LogP contribution in [0.5, 0.6) is 0 Å². The Balaban J connectivity index is 2.54. The normalized spacial score (nSPS) is 35.9. The summed E-state index contributed by atoms with van der Waals surface area (Å²) in [6, 6.07) is 0. The molecule has 0 bridgehead atoms. The van der Waals surface area contributed by atoms with Crippen LogP contribution in [0.1, 0.15) is 20.3 Å². The molecule has 0 aliphatic carbocycles. The number of methoxy groups -OCH3 is 1. The zero-order valence-corrected chi connectivity index (χ0v) is 10.9. The summed E-state index contributed by atoms with van der Waals surface area (Å²) in [7, 11) is 1.42. The van der Waals surface area contributed by atoms with Gasteiger partial charge in [-0.1, -0.05) is 13.7 Å². The van der Waals surface area contributed by atoms with Crippen LogP contribution in [0.3, 0.4) is 0 Å². The molecule has 0 aromatic heterocycles. The number of allylic oxidation sites excluding steroid dienone is 1. The highest BCUT2D eigenvalue weighted by molar-refractivity contribution is 8.53. The molecule has 0 aromatic carbocycles. The van der Waals surface area contributed by atoms with Crippen molar-refractivity contribution in [2.75, 3.05) is 7.11 Å². The number of ether oxygens (including phenoxy) is 2. The van der Waals surface area contributed by atoms with Crippen LogP contribution in [0.4, 0.5) is 0 Å². The lowest BCUT2D eigenvalue weighted by Gasteiger charge is -2.18. The lowest BCUT2D eigenvalue weighted by molar-refractivity contribution is -0.107. The van der Waals surface area contributed by atoms with E-state index in [1.807, 2.05) is 19.9 Å². The maximum absolute atomic E-state index is 7.47. The van der Waals surface area contributed by atoms with Crippen molar-refractivity contribution < 1.29 is 13.7 Å². The van der Waals surface area contributed by atoms with Gasteiger partial charge in [0.1, 0.15) is 19.7 Å². The highest BCUT2D eigenvalue weighted by Gasteiger charge is 2.37. The van der Waals surface area contributed by atoms with Crippen LogP contribution < -0.4 is 0 Å². The van der Waals surface area contributed by atoms with Gasteiger partial charge in [-0.25, -0.2) is 0 Å². The Bertz CT molecular complexity index is 273.